The summed E-state index contributed by atoms with van der Waals surface area (Å²) < 4.78 is 5.24. The van der Waals surface area contributed by atoms with Gasteiger partial charge in [-0.15, -0.1) is 11.6 Å². The summed E-state index contributed by atoms with van der Waals surface area (Å²) in [5, 5.41) is 0.159. The van der Waals surface area contributed by atoms with E-state index >= 15 is 0 Å². The Balaban J connectivity index is 1.49. The Kier molecular flexibility index (Phi) is 3.45. The molecule has 4 aliphatic carbocycles. The first-order valence-corrected chi connectivity index (χ1v) is 8.87. The first-order chi connectivity index (χ1) is 10.2. The van der Waals surface area contributed by atoms with E-state index in [0.29, 0.717) is 5.41 Å². The van der Waals surface area contributed by atoms with Crippen molar-refractivity contribution < 1.29 is 4.74 Å². The summed E-state index contributed by atoms with van der Waals surface area (Å²) in [7, 11) is 1.71. The lowest BCUT2D eigenvalue weighted by atomic mass is 9.48. The van der Waals surface area contributed by atoms with Crippen LogP contribution in [0.5, 0.6) is 5.75 Å². The van der Waals surface area contributed by atoms with Crippen molar-refractivity contribution >= 4 is 11.6 Å². The first kappa shape index (κ1) is 13.9. The Labute approximate surface area is 133 Å². The molecule has 1 nitrogen and oxygen atoms in total. The van der Waals surface area contributed by atoms with E-state index < -0.39 is 0 Å². The van der Waals surface area contributed by atoms with E-state index in [1.54, 1.807) is 7.11 Å². The van der Waals surface area contributed by atoms with Crippen molar-refractivity contribution in [3.63, 3.8) is 0 Å². The van der Waals surface area contributed by atoms with Gasteiger partial charge in [-0.3, -0.25) is 0 Å². The number of methoxy groups -OCH3 is 1. The molecule has 1 aromatic rings. The minimum atomic E-state index is 0.159. The average molecular weight is 305 g/mol. The van der Waals surface area contributed by atoms with E-state index in [2.05, 4.69) is 12.1 Å². The van der Waals surface area contributed by atoms with Gasteiger partial charge in [-0.1, -0.05) is 12.1 Å². The molecule has 4 saturated carbocycles. The van der Waals surface area contributed by atoms with E-state index in [1.165, 1.54) is 50.5 Å². The van der Waals surface area contributed by atoms with Crippen LogP contribution in [0.25, 0.3) is 0 Å². The zero-order valence-corrected chi connectivity index (χ0v) is 13.6. The molecule has 5 rings (SSSR count). The summed E-state index contributed by atoms with van der Waals surface area (Å²) in [4.78, 5) is 0. The molecule has 1 aromatic carbocycles. The van der Waals surface area contributed by atoms with Crippen molar-refractivity contribution in [2.24, 2.45) is 23.2 Å². The Morgan fingerprint density at radius 3 is 2.05 bits per heavy atom. The number of halogens is 1. The maximum Gasteiger partial charge on any atom is 0.118 e. The smallest absolute Gasteiger partial charge is 0.118 e. The topological polar surface area (TPSA) is 9.23 Å². The van der Waals surface area contributed by atoms with Crippen LogP contribution in [0.15, 0.2) is 24.3 Å². The second kappa shape index (κ2) is 5.19. The summed E-state index contributed by atoms with van der Waals surface area (Å²) in [6, 6.07) is 8.34. The fraction of sp³-hybridized carbons (Fsp3) is 0.684. The molecule has 114 valence electrons. The normalized spacial score (nSPS) is 38.5. The molecular weight excluding hydrogens is 280 g/mol. The van der Waals surface area contributed by atoms with Crippen LogP contribution in [0, 0.1) is 23.2 Å². The van der Waals surface area contributed by atoms with Crippen molar-refractivity contribution in [3.8, 4) is 5.75 Å². The van der Waals surface area contributed by atoms with Gasteiger partial charge < -0.3 is 4.74 Å². The summed E-state index contributed by atoms with van der Waals surface area (Å²) in [5.41, 5.74) is 1.81. The van der Waals surface area contributed by atoms with Crippen molar-refractivity contribution in [3.05, 3.63) is 29.8 Å². The van der Waals surface area contributed by atoms with E-state index in [4.69, 9.17) is 16.3 Å². The molecule has 0 heterocycles. The van der Waals surface area contributed by atoms with Crippen LogP contribution in [0.4, 0.5) is 0 Å². The summed E-state index contributed by atoms with van der Waals surface area (Å²) >= 11 is 6.80. The highest BCUT2D eigenvalue weighted by atomic mass is 35.5. The highest BCUT2D eigenvalue weighted by Gasteiger charge is 2.51. The van der Waals surface area contributed by atoms with E-state index in [-0.39, 0.29) is 5.38 Å². The van der Waals surface area contributed by atoms with Gasteiger partial charge in [-0.25, -0.2) is 0 Å². The molecule has 21 heavy (non-hydrogen) atoms. The molecular formula is C19H25ClO. The monoisotopic (exact) mass is 304 g/mol. The number of benzene rings is 1. The number of alkyl halides is 1. The molecule has 0 radical (unpaired) electrons. The summed E-state index contributed by atoms with van der Waals surface area (Å²) in [5.74, 6) is 3.94. The van der Waals surface area contributed by atoms with E-state index in [9.17, 15) is 0 Å². The Morgan fingerprint density at radius 1 is 1.05 bits per heavy atom. The highest BCUT2D eigenvalue weighted by Crippen LogP contribution is 2.62. The standard InChI is InChI=1S/C19H25ClO/c1-21-17-4-2-16(3-5-17)18(20)12-19-9-13-6-14(10-19)8-15(7-13)11-19/h2-5,13-15,18H,6-12H2,1H3. The minimum Gasteiger partial charge on any atom is -0.497 e. The molecule has 1 unspecified atom stereocenters. The molecule has 4 bridgehead atoms. The van der Waals surface area contributed by atoms with E-state index in [0.717, 1.165) is 23.5 Å². The predicted molar refractivity (Wildman–Crippen MR) is 86.8 cm³/mol. The number of rotatable bonds is 4. The molecule has 0 aromatic heterocycles. The molecule has 4 fully saturated rings. The molecule has 0 amide bonds. The lowest BCUT2D eigenvalue weighted by Gasteiger charge is -2.57. The Hall–Kier alpha value is -0.690. The van der Waals surface area contributed by atoms with Gasteiger partial charge in [-0.2, -0.15) is 0 Å². The first-order valence-electron chi connectivity index (χ1n) is 8.44. The third-order valence-electron chi connectivity index (χ3n) is 6.25. The van der Waals surface area contributed by atoms with Gasteiger partial charge in [-0.05, 0) is 85.8 Å². The summed E-state index contributed by atoms with van der Waals surface area (Å²) in [6.07, 6.45) is 10.0. The molecule has 4 aliphatic rings. The van der Waals surface area contributed by atoms with Crippen molar-refractivity contribution in [2.75, 3.05) is 7.11 Å². The molecule has 1 atom stereocenters. The van der Waals surface area contributed by atoms with Crippen LogP contribution >= 0.6 is 11.6 Å². The molecule has 0 saturated heterocycles. The average Bonchev–Trinajstić information content (AvgIpc) is 2.45. The van der Waals surface area contributed by atoms with Crippen LogP contribution in [0.3, 0.4) is 0 Å². The van der Waals surface area contributed by atoms with Gasteiger partial charge >= 0.3 is 0 Å². The van der Waals surface area contributed by atoms with Gasteiger partial charge in [0.25, 0.3) is 0 Å². The summed E-state index contributed by atoms with van der Waals surface area (Å²) in [6.45, 7) is 0. The van der Waals surface area contributed by atoms with Gasteiger partial charge in [0.1, 0.15) is 5.75 Å². The van der Waals surface area contributed by atoms with Gasteiger partial charge in [0, 0.05) is 0 Å². The fourth-order valence-electron chi connectivity index (χ4n) is 5.85. The van der Waals surface area contributed by atoms with Gasteiger partial charge in [0.15, 0.2) is 0 Å². The molecule has 0 N–H and O–H groups in total. The van der Waals surface area contributed by atoms with Gasteiger partial charge in [0.2, 0.25) is 0 Å². The van der Waals surface area contributed by atoms with Crippen LogP contribution in [0.1, 0.15) is 55.9 Å². The Bertz CT molecular complexity index is 472. The van der Waals surface area contributed by atoms with Crippen LogP contribution in [-0.2, 0) is 0 Å². The minimum absolute atomic E-state index is 0.159. The quantitative estimate of drug-likeness (QED) is 0.660. The van der Waals surface area contributed by atoms with Crippen LogP contribution < -0.4 is 4.74 Å². The SMILES string of the molecule is COc1ccc(C(Cl)CC23CC4CC(CC(C4)C2)C3)cc1. The zero-order chi connectivity index (χ0) is 14.4. The molecule has 2 heteroatoms. The second-order valence-electron chi connectivity index (χ2n) is 7.86. The third-order valence-corrected chi connectivity index (χ3v) is 6.66. The van der Waals surface area contributed by atoms with Crippen molar-refractivity contribution in [2.45, 2.75) is 50.3 Å². The molecule has 0 spiro atoms. The predicted octanol–water partition coefficient (Wildman–Crippen LogP) is 5.58. The zero-order valence-electron chi connectivity index (χ0n) is 12.9. The van der Waals surface area contributed by atoms with Crippen molar-refractivity contribution in [1.29, 1.82) is 0 Å². The largest absolute Gasteiger partial charge is 0.497 e. The third kappa shape index (κ3) is 2.59. The van der Waals surface area contributed by atoms with Gasteiger partial charge in [0.05, 0.1) is 12.5 Å². The second-order valence-corrected chi connectivity index (χ2v) is 8.39. The number of ether oxygens (including phenoxy) is 1. The van der Waals surface area contributed by atoms with Crippen LogP contribution in [0.2, 0.25) is 0 Å². The maximum absolute atomic E-state index is 6.80. The Morgan fingerprint density at radius 2 is 1.57 bits per heavy atom. The lowest BCUT2D eigenvalue weighted by molar-refractivity contribution is -0.0576. The number of hydrogen-bond acceptors (Lipinski definition) is 1. The molecule has 0 aliphatic heterocycles. The maximum atomic E-state index is 6.80. The van der Waals surface area contributed by atoms with Crippen molar-refractivity contribution in [1.82, 2.24) is 0 Å². The van der Waals surface area contributed by atoms with Crippen LogP contribution in [-0.4, -0.2) is 7.11 Å². The van der Waals surface area contributed by atoms with E-state index in [1.807, 2.05) is 12.1 Å². The lowest BCUT2D eigenvalue weighted by Crippen LogP contribution is -2.46. The fourth-order valence-corrected chi connectivity index (χ4v) is 6.32. The number of hydrogen-bond donors (Lipinski definition) is 0. The highest BCUT2D eigenvalue weighted by molar-refractivity contribution is 6.20.